The lowest BCUT2D eigenvalue weighted by Gasteiger charge is -2.38. The number of fused-ring (bicyclic) bond motifs is 1. The third kappa shape index (κ3) is 3.62. The SMILES string of the molecule is OC1(CNC2CCN(CC3CC3)CC2)CCCc2ccccc21. The van der Waals surface area contributed by atoms with Gasteiger partial charge in [-0.3, -0.25) is 0 Å². The zero-order chi connectivity index (χ0) is 15.7. The standard InChI is InChI=1S/C20H30N2O/c23-20(11-3-5-17-4-1-2-6-19(17)20)15-21-18-9-12-22(13-10-18)14-16-7-8-16/h1-2,4,6,16,18,21,23H,3,5,7-15H2. The van der Waals surface area contributed by atoms with Crippen LogP contribution in [0.4, 0.5) is 0 Å². The first kappa shape index (κ1) is 15.6. The van der Waals surface area contributed by atoms with Crippen molar-refractivity contribution < 1.29 is 5.11 Å². The fourth-order valence-electron chi connectivity index (χ4n) is 4.38. The number of aliphatic hydroxyl groups is 1. The Morgan fingerprint density at radius 2 is 1.91 bits per heavy atom. The van der Waals surface area contributed by atoms with Gasteiger partial charge in [-0.2, -0.15) is 0 Å². The first-order valence-corrected chi connectivity index (χ1v) is 9.49. The van der Waals surface area contributed by atoms with E-state index in [1.807, 2.05) is 0 Å². The third-order valence-electron chi connectivity index (χ3n) is 6.04. The molecule has 3 aliphatic rings. The van der Waals surface area contributed by atoms with Gasteiger partial charge in [-0.05, 0) is 75.1 Å². The molecule has 0 spiro atoms. The maximum atomic E-state index is 11.2. The zero-order valence-electron chi connectivity index (χ0n) is 14.1. The molecular formula is C20H30N2O. The van der Waals surface area contributed by atoms with Gasteiger partial charge in [0.25, 0.3) is 0 Å². The van der Waals surface area contributed by atoms with Crippen LogP contribution in [0, 0.1) is 5.92 Å². The van der Waals surface area contributed by atoms with Crippen LogP contribution in [0.15, 0.2) is 24.3 Å². The molecule has 1 saturated carbocycles. The van der Waals surface area contributed by atoms with Gasteiger partial charge in [-0.15, -0.1) is 0 Å². The highest BCUT2D eigenvalue weighted by atomic mass is 16.3. The molecule has 0 amide bonds. The Hall–Kier alpha value is -0.900. The van der Waals surface area contributed by atoms with Crippen molar-refractivity contribution in [2.24, 2.45) is 5.92 Å². The number of aryl methyl sites for hydroxylation is 1. The van der Waals surface area contributed by atoms with Crippen molar-refractivity contribution in [3.63, 3.8) is 0 Å². The van der Waals surface area contributed by atoms with Gasteiger partial charge in [-0.25, -0.2) is 0 Å². The van der Waals surface area contributed by atoms with Crippen molar-refractivity contribution in [1.29, 1.82) is 0 Å². The lowest BCUT2D eigenvalue weighted by atomic mass is 9.79. The van der Waals surface area contributed by atoms with Crippen molar-refractivity contribution in [2.75, 3.05) is 26.2 Å². The van der Waals surface area contributed by atoms with Crippen LogP contribution in [0.2, 0.25) is 0 Å². The Labute approximate surface area is 140 Å². The van der Waals surface area contributed by atoms with Gasteiger partial charge in [0, 0.05) is 19.1 Å². The number of hydrogen-bond donors (Lipinski definition) is 2. The summed E-state index contributed by atoms with van der Waals surface area (Å²) in [5, 5.41) is 14.8. The van der Waals surface area contributed by atoms with Crippen LogP contribution in [0.5, 0.6) is 0 Å². The first-order chi connectivity index (χ1) is 11.2. The second kappa shape index (κ2) is 6.54. The Kier molecular flexibility index (Phi) is 4.44. The molecule has 0 bridgehead atoms. The molecule has 0 aromatic heterocycles. The summed E-state index contributed by atoms with van der Waals surface area (Å²) in [6.45, 7) is 4.48. The summed E-state index contributed by atoms with van der Waals surface area (Å²) in [6.07, 6.45) is 8.44. The second-order valence-electron chi connectivity index (χ2n) is 7.94. The van der Waals surface area contributed by atoms with Gasteiger partial charge in [-0.1, -0.05) is 24.3 Å². The molecule has 2 N–H and O–H groups in total. The molecule has 1 aromatic carbocycles. The van der Waals surface area contributed by atoms with Gasteiger partial charge >= 0.3 is 0 Å². The minimum Gasteiger partial charge on any atom is -0.384 e. The van der Waals surface area contributed by atoms with E-state index in [2.05, 4.69) is 34.5 Å². The maximum Gasteiger partial charge on any atom is 0.102 e. The summed E-state index contributed by atoms with van der Waals surface area (Å²) in [5.41, 5.74) is 1.83. The predicted octanol–water partition coefficient (Wildman–Crippen LogP) is 2.67. The Morgan fingerprint density at radius 3 is 2.70 bits per heavy atom. The summed E-state index contributed by atoms with van der Waals surface area (Å²) >= 11 is 0. The fraction of sp³-hybridized carbons (Fsp3) is 0.700. The van der Waals surface area contributed by atoms with Crippen molar-refractivity contribution in [2.45, 2.75) is 56.6 Å². The van der Waals surface area contributed by atoms with Crippen molar-refractivity contribution in [3.05, 3.63) is 35.4 Å². The number of rotatable bonds is 5. The van der Waals surface area contributed by atoms with Gasteiger partial charge in [0.15, 0.2) is 0 Å². The molecule has 2 fully saturated rings. The molecule has 4 rings (SSSR count). The van der Waals surface area contributed by atoms with E-state index in [9.17, 15) is 5.11 Å². The quantitative estimate of drug-likeness (QED) is 0.877. The smallest absolute Gasteiger partial charge is 0.102 e. The van der Waals surface area contributed by atoms with Crippen LogP contribution in [0.1, 0.15) is 49.7 Å². The van der Waals surface area contributed by atoms with Gasteiger partial charge < -0.3 is 15.3 Å². The number of benzene rings is 1. The molecule has 1 saturated heterocycles. The number of hydrogen-bond acceptors (Lipinski definition) is 3. The summed E-state index contributed by atoms with van der Waals surface area (Å²) in [7, 11) is 0. The number of nitrogens with one attached hydrogen (secondary N) is 1. The highest BCUT2D eigenvalue weighted by Gasteiger charge is 2.35. The lowest BCUT2D eigenvalue weighted by molar-refractivity contribution is 0.0142. The van der Waals surface area contributed by atoms with E-state index in [-0.39, 0.29) is 0 Å². The first-order valence-electron chi connectivity index (χ1n) is 9.49. The minimum atomic E-state index is -0.667. The second-order valence-corrected chi connectivity index (χ2v) is 7.94. The van der Waals surface area contributed by atoms with Crippen LogP contribution in [-0.2, 0) is 12.0 Å². The number of likely N-dealkylation sites (tertiary alicyclic amines) is 1. The molecule has 1 aliphatic heterocycles. The van der Waals surface area contributed by atoms with Gasteiger partial charge in [0.05, 0.1) is 0 Å². The Balaban J connectivity index is 1.31. The average molecular weight is 314 g/mol. The lowest BCUT2D eigenvalue weighted by Crippen LogP contribution is -2.48. The highest BCUT2D eigenvalue weighted by molar-refractivity contribution is 5.35. The van der Waals surface area contributed by atoms with E-state index >= 15 is 0 Å². The molecule has 2 aliphatic carbocycles. The van der Waals surface area contributed by atoms with E-state index < -0.39 is 5.60 Å². The van der Waals surface area contributed by atoms with E-state index in [4.69, 9.17) is 0 Å². The number of piperidine rings is 1. The molecule has 126 valence electrons. The predicted molar refractivity (Wildman–Crippen MR) is 93.5 cm³/mol. The van der Waals surface area contributed by atoms with Crippen LogP contribution in [-0.4, -0.2) is 42.2 Å². The molecule has 3 heteroatoms. The van der Waals surface area contributed by atoms with Crippen LogP contribution in [0.3, 0.4) is 0 Å². The summed E-state index contributed by atoms with van der Waals surface area (Å²) in [6, 6.07) is 9.02. The fourth-order valence-corrected chi connectivity index (χ4v) is 4.38. The van der Waals surface area contributed by atoms with Crippen LogP contribution >= 0.6 is 0 Å². The summed E-state index contributed by atoms with van der Waals surface area (Å²) in [4.78, 5) is 2.64. The zero-order valence-corrected chi connectivity index (χ0v) is 14.1. The van der Waals surface area contributed by atoms with E-state index in [1.165, 1.54) is 50.9 Å². The molecule has 3 nitrogen and oxygen atoms in total. The van der Waals surface area contributed by atoms with E-state index in [0.29, 0.717) is 12.6 Å². The third-order valence-corrected chi connectivity index (χ3v) is 6.04. The van der Waals surface area contributed by atoms with Crippen molar-refractivity contribution in [3.8, 4) is 0 Å². The van der Waals surface area contributed by atoms with Gasteiger partial charge in [0.2, 0.25) is 0 Å². The minimum absolute atomic E-state index is 0.573. The Bertz CT molecular complexity index is 534. The Morgan fingerprint density at radius 1 is 1.13 bits per heavy atom. The summed E-state index contributed by atoms with van der Waals surface area (Å²) < 4.78 is 0. The maximum absolute atomic E-state index is 11.2. The summed E-state index contributed by atoms with van der Waals surface area (Å²) in [5.74, 6) is 0.999. The highest BCUT2D eigenvalue weighted by Crippen LogP contribution is 2.35. The monoisotopic (exact) mass is 314 g/mol. The largest absolute Gasteiger partial charge is 0.384 e. The molecule has 1 atom stereocenters. The molecule has 1 aromatic rings. The molecule has 1 heterocycles. The molecule has 0 radical (unpaired) electrons. The van der Waals surface area contributed by atoms with Crippen LogP contribution < -0.4 is 5.32 Å². The van der Waals surface area contributed by atoms with Crippen LogP contribution in [0.25, 0.3) is 0 Å². The van der Waals surface area contributed by atoms with E-state index in [1.54, 1.807) is 0 Å². The topological polar surface area (TPSA) is 35.5 Å². The molecular weight excluding hydrogens is 284 g/mol. The average Bonchev–Trinajstić information content (AvgIpc) is 3.39. The molecule has 1 unspecified atom stereocenters. The van der Waals surface area contributed by atoms with Crippen molar-refractivity contribution in [1.82, 2.24) is 10.2 Å². The van der Waals surface area contributed by atoms with Crippen molar-refractivity contribution >= 4 is 0 Å². The van der Waals surface area contributed by atoms with Gasteiger partial charge in [0.1, 0.15) is 5.60 Å². The van der Waals surface area contributed by atoms with E-state index in [0.717, 1.165) is 30.7 Å². The normalized spacial score (nSPS) is 29.4. The number of nitrogens with zero attached hydrogens (tertiary/aromatic N) is 1. The molecule has 23 heavy (non-hydrogen) atoms.